The number of carbonyl (C=O) groups excluding carboxylic acids is 1. The number of rotatable bonds is 2. The molecule has 2 rings (SSSR count). The van der Waals surface area contributed by atoms with Gasteiger partial charge in [-0.2, -0.15) is 0 Å². The molecule has 2 heterocycles. The van der Waals surface area contributed by atoms with Crippen molar-refractivity contribution in [3.05, 3.63) is 23.4 Å². The van der Waals surface area contributed by atoms with Gasteiger partial charge in [0.15, 0.2) is 0 Å². The van der Waals surface area contributed by atoms with E-state index in [1.165, 1.54) is 0 Å². The van der Waals surface area contributed by atoms with E-state index in [9.17, 15) is 4.79 Å². The number of amides is 1. The van der Waals surface area contributed by atoms with Gasteiger partial charge in [-0.15, -0.1) is 0 Å². The Balaban J connectivity index is 2.40. The van der Waals surface area contributed by atoms with Gasteiger partial charge in [0.1, 0.15) is 5.82 Å². The maximum absolute atomic E-state index is 11.4. The quantitative estimate of drug-likeness (QED) is 0.736. The fourth-order valence-electron chi connectivity index (χ4n) is 2.07. The first-order chi connectivity index (χ1) is 7.59. The van der Waals surface area contributed by atoms with Crippen LogP contribution in [0.25, 0.3) is 0 Å². The first-order valence-electron chi connectivity index (χ1n) is 5.35. The van der Waals surface area contributed by atoms with Crippen molar-refractivity contribution in [2.75, 3.05) is 18.0 Å². The lowest BCUT2D eigenvalue weighted by Crippen LogP contribution is -2.29. The first kappa shape index (κ1) is 10.9. The molecule has 0 aromatic carbocycles. The number of carbonyl (C=O) groups is 1. The van der Waals surface area contributed by atoms with Gasteiger partial charge in [0.05, 0.1) is 5.56 Å². The molecule has 16 heavy (non-hydrogen) atoms. The molecule has 1 atom stereocenters. The molecule has 86 valence electrons. The number of pyridine rings is 1. The minimum Gasteiger partial charge on any atom is -0.365 e. The molecule has 1 aliphatic heterocycles. The predicted octanol–water partition coefficient (Wildman–Crippen LogP) is 0.0263. The summed E-state index contributed by atoms with van der Waals surface area (Å²) in [6.45, 7) is 3.43. The summed E-state index contributed by atoms with van der Waals surface area (Å²) in [5, 5.41) is 0. The van der Waals surface area contributed by atoms with E-state index in [2.05, 4.69) is 4.98 Å². The number of aryl methyl sites for hydroxylation is 1. The van der Waals surface area contributed by atoms with E-state index < -0.39 is 5.91 Å². The summed E-state index contributed by atoms with van der Waals surface area (Å²) in [7, 11) is 0. The fraction of sp³-hybridized carbons (Fsp3) is 0.455. The SMILES string of the molecule is Cc1ccnc(N2CCC(N)C2)c1C(N)=O. The molecule has 0 radical (unpaired) electrons. The average Bonchev–Trinajstić information content (AvgIpc) is 2.63. The Morgan fingerprint density at radius 3 is 2.94 bits per heavy atom. The lowest BCUT2D eigenvalue weighted by molar-refractivity contribution is 0.1000. The van der Waals surface area contributed by atoms with Crippen molar-refractivity contribution in [2.24, 2.45) is 11.5 Å². The molecule has 1 aliphatic rings. The van der Waals surface area contributed by atoms with Crippen LogP contribution in [0.3, 0.4) is 0 Å². The van der Waals surface area contributed by atoms with E-state index in [1.807, 2.05) is 11.8 Å². The zero-order valence-corrected chi connectivity index (χ0v) is 9.31. The summed E-state index contributed by atoms with van der Waals surface area (Å²) in [4.78, 5) is 17.7. The van der Waals surface area contributed by atoms with Crippen LogP contribution in [0, 0.1) is 6.92 Å². The Kier molecular flexibility index (Phi) is 2.78. The topological polar surface area (TPSA) is 85.2 Å². The van der Waals surface area contributed by atoms with Crippen molar-refractivity contribution in [2.45, 2.75) is 19.4 Å². The van der Waals surface area contributed by atoms with Crippen molar-refractivity contribution < 1.29 is 4.79 Å². The molecule has 1 unspecified atom stereocenters. The van der Waals surface area contributed by atoms with Crippen LogP contribution < -0.4 is 16.4 Å². The molecule has 1 fully saturated rings. The largest absolute Gasteiger partial charge is 0.365 e. The molecule has 5 heteroatoms. The number of nitrogens with zero attached hydrogens (tertiary/aromatic N) is 2. The highest BCUT2D eigenvalue weighted by atomic mass is 16.1. The number of anilines is 1. The van der Waals surface area contributed by atoms with Crippen molar-refractivity contribution in [1.29, 1.82) is 0 Å². The number of hydrogen-bond donors (Lipinski definition) is 2. The normalized spacial score (nSPS) is 20.1. The second-order valence-electron chi connectivity index (χ2n) is 4.19. The van der Waals surface area contributed by atoms with Gasteiger partial charge in [-0.3, -0.25) is 4.79 Å². The fourth-order valence-corrected chi connectivity index (χ4v) is 2.07. The van der Waals surface area contributed by atoms with Crippen LogP contribution in [0.2, 0.25) is 0 Å². The zero-order valence-electron chi connectivity index (χ0n) is 9.31. The minimum absolute atomic E-state index is 0.156. The van der Waals surface area contributed by atoms with Gasteiger partial charge in [-0.25, -0.2) is 4.98 Å². The smallest absolute Gasteiger partial charge is 0.252 e. The van der Waals surface area contributed by atoms with Crippen molar-refractivity contribution in [3.8, 4) is 0 Å². The van der Waals surface area contributed by atoms with Crippen molar-refractivity contribution in [3.63, 3.8) is 0 Å². The van der Waals surface area contributed by atoms with Crippen LogP contribution >= 0.6 is 0 Å². The summed E-state index contributed by atoms with van der Waals surface area (Å²) >= 11 is 0. The Morgan fingerprint density at radius 2 is 2.38 bits per heavy atom. The lowest BCUT2D eigenvalue weighted by atomic mass is 10.1. The van der Waals surface area contributed by atoms with E-state index in [0.717, 1.165) is 25.1 Å². The Labute approximate surface area is 94.4 Å². The summed E-state index contributed by atoms with van der Waals surface area (Å²) in [5.41, 5.74) is 12.6. The van der Waals surface area contributed by atoms with Crippen LogP contribution in [0.5, 0.6) is 0 Å². The molecule has 1 aromatic heterocycles. The molecule has 5 nitrogen and oxygen atoms in total. The Hall–Kier alpha value is -1.62. The number of nitrogens with two attached hydrogens (primary N) is 2. The van der Waals surface area contributed by atoms with E-state index in [0.29, 0.717) is 11.4 Å². The highest BCUT2D eigenvalue weighted by molar-refractivity contribution is 5.99. The first-order valence-corrected chi connectivity index (χ1v) is 5.35. The van der Waals surface area contributed by atoms with Gasteiger partial charge in [0.25, 0.3) is 5.91 Å². The number of primary amides is 1. The van der Waals surface area contributed by atoms with E-state index >= 15 is 0 Å². The third kappa shape index (κ3) is 1.86. The molecule has 4 N–H and O–H groups in total. The van der Waals surface area contributed by atoms with Crippen LogP contribution in [-0.2, 0) is 0 Å². The summed E-state index contributed by atoms with van der Waals surface area (Å²) < 4.78 is 0. The second kappa shape index (κ2) is 4.09. The van der Waals surface area contributed by atoms with E-state index in [1.54, 1.807) is 12.3 Å². The summed E-state index contributed by atoms with van der Waals surface area (Å²) in [5.74, 6) is 0.238. The van der Waals surface area contributed by atoms with Gasteiger partial charge in [0.2, 0.25) is 0 Å². The van der Waals surface area contributed by atoms with Crippen LogP contribution in [0.1, 0.15) is 22.3 Å². The zero-order chi connectivity index (χ0) is 11.7. The van der Waals surface area contributed by atoms with Gasteiger partial charge < -0.3 is 16.4 Å². The van der Waals surface area contributed by atoms with Crippen molar-refractivity contribution >= 4 is 11.7 Å². The minimum atomic E-state index is -0.430. The third-order valence-electron chi connectivity index (χ3n) is 2.91. The summed E-state index contributed by atoms with van der Waals surface area (Å²) in [6, 6.07) is 1.95. The third-order valence-corrected chi connectivity index (χ3v) is 2.91. The number of hydrogen-bond acceptors (Lipinski definition) is 4. The monoisotopic (exact) mass is 220 g/mol. The molecule has 0 spiro atoms. The van der Waals surface area contributed by atoms with Crippen molar-refractivity contribution in [1.82, 2.24) is 4.98 Å². The maximum atomic E-state index is 11.4. The lowest BCUT2D eigenvalue weighted by Gasteiger charge is -2.20. The molecular formula is C11H16N4O. The van der Waals surface area contributed by atoms with Crippen LogP contribution in [-0.4, -0.2) is 30.0 Å². The van der Waals surface area contributed by atoms with Gasteiger partial charge >= 0.3 is 0 Å². The highest BCUT2D eigenvalue weighted by Gasteiger charge is 2.24. The van der Waals surface area contributed by atoms with E-state index in [4.69, 9.17) is 11.5 Å². The molecule has 0 saturated carbocycles. The standard InChI is InChI=1S/C11H16N4O/c1-7-2-4-14-11(9(7)10(13)16)15-5-3-8(12)6-15/h2,4,8H,3,5-6,12H2,1H3,(H2,13,16). The Morgan fingerprint density at radius 1 is 1.62 bits per heavy atom. The Bertz CT molecular complexity index is 418. The van der Waals surface area contributed by atoms with Gasteiger partial charge in [-0.1, -0.05) is 0 Å². The average molecular weight is 220 g/mol. The van der Waals surface area contributed by atoms with Crippen LogP contribution in [0.15, 0.2) is 12.3 Å². The van der Waals surface area contributed by atoms with Gasteiger partial charge in [0, 0.05) is 25.3 Å². The molecule has 1 aromatic rings. The maximum Gasteiger partial charge on any atom is 0.252 e. The van der Waals surface area contributed by atoms with Gasteiger partial charge in [-0.05, 0) is 25.0 Å². The number of aromatic nitrogens is 1. The molecule has 1 saturated heterocycles. The molecule has 1 amide bonds. The molecule has 0 bridgehead atoms. The van der Waals surface area contributed by atoms with E-state index in [-0.39, 0.29) is 6.04 Å². The molecule has 0 aliphatic carbocycles. The predicted molar refractivity (Wildman–Crippen MR) is 62.3 cm³/mol. The second-order valence-corrected chi connectivity index (χ2v) is 4.19. The molecular weight excluding hydrogens is 204 g/mol. The van der Waals surface area contributed by atoms with Crippen LogP contribution in [0.4, 0.5) is 5.82 Å². The highest BCUT2D eigenvalue weighted by Crippen LogP contribution is 2.23. The summed E-state index contributed by atoms with van der Waals surface area (Å²) in [6.07, 6.45) is 2.62.